The number of hydrogen-bond donors (Lipinski definition) is 2. The molecule has 180 valence electrons. The highest BCUT2D eigenvalue weighted by Crippen LogP contribution is 2.45. The van der Waals surface area contributed by atoms with Crippen molar-refractivity contribution in [3.63, 3.8) is 0 Å². The molecular formula is C26H29BrN2O4S. The third kappa shape index (κ3) is 5.23. The number of fused-ring (bicyclic) bond motifs is 1. The smallest absolute Gasteiger partial charge is 0.255 e. The molecule has 2 aromatic heterocycles. The number of thiophene rings is 1. The van der Waals surface area contributed by atoms with Gasteiger partial charge in [0.25, 0.3) is 5.91 Å². The number of furan rings is 1. The zero-order valence-electron chi connectivity index (χ0n) is 19.8. The number of benzene rings is 1. The third-order valence-electron chi connectivity index (χ3n) is 6.31. The Bertz CT molecular complexity index is 1210. The van der Waals surface area contributed by atoms with Crippen LogP contribution in [-0.2, 0) is 19.4 Å². The number of nitrogens with zero attached hydrogens (tertiary/aromatic N) is 1. The largest absolute Gasteiger partial charge is 0.504 e. The van der Waals surface area contributed by atoms with E-state index in [-0.39, 0.29) is 17.1 Å². The summed E-state index contributed by atoms with van der Waals surface area (Å²) in [7, 11) is 1.50. The number of phenolic OH excluding ortho intramolecular Hbond substituents is 1. The number of ether oxygens (including phenoxy) is 1. The van der Waals surface area contributed by atoms with Crippen molar-refractivity contribution < 1.29 is 19.1 Å². The molecule has 0 fully saturated rings. The number of hydrogen-bond acceptors (Lipinski definition) is 6. The Morgan fingerprint density at radius 3 is 2.88 bits per heavy atom. The maximum atomic E-state index is 13.3. The lowest BCUT2D eigenvalue weighted by atomic mass is 9.72. The number of aliphatic imine (C=N–C) groups is 1. The summed E-state index contributed by atoms with van der Waals surface area (Å²) in [6, 6.07) is 7.09. The number of aromatic hydroxyl groups is 1. The molecule has 34 heavy (non-hydrogen) atoms. The lowest BCUT2D eigenvalue weighted by molar-refractivity contribution is 0.0947. The number of rotatable bonds is 6. The summed E-state index contributed by atoms with van der Waals surface area (Å²) >= 11 is 5.01. The number of carbonyl (C=O) groups is 1. The SMILES string of the molecule is COc1cc(Br)cc(C=Nc2sc3c(c2C(=O)NCc2ccco2)CC[C@H](C(C)(C)C)C3)c1O. The maximum Gasteiger partial charge on any atom is 0.255 e. The zero-order chi connectivity index (χ0) is 24.5. The normalized spacial score (nSPS) is 16.0. The second-order valence-electron chi connectivity index (χ2n) is 9.56. The van der Waals surface area contributed by atoms with E-state index >= 15 is 0 Å². The van der Waals surface area contributed by atoms with Crippen LogP contribution in [0.1, 0.15) is 59.3 Å². The van der Waals surface area contributed by atoms with Gasteiger partial charge in [-0.2, -0.15) is 0 Å². The predicted octanol–water partition coefficient (Wildman–Crippen LogP) is 6.65. The highest BCUT2D eigenvalue weighted by molar-refractivity contribution is 9.10. The van der Waals surface area contributed by atoms with Crippen LogP contribution in [0.15, 0.2) is 44.4 Å². The van der Waals surface area contributed by atoms with Gasteiger partial charge in [-0.15, -0.1) is 11.3 Å². The Hall–Kier alpha value is -2.58. The average Bonchev–Trinajstić information content (AvgIpc) is 3.44. The fourth-order valence-electron chi connectivity index (χ4n) is 4.28. The Morgan fingerprint density at radius 1 is 1.41 bits per heavy atom. The Kier molecular flexibility index (Phi) is 7.19. The van der Waals surface area contributed by atoms with Crippen LogP contribution < -0.4 is 10.1 Å². The van der Waals surface area contributed by atoms with E-state index in [0.29, 0.717) is 40.1 Å². The van der Waals surface area contributed by atoms with E-state index in [1.165, 1.54) is 12.0 Å². The van der Waals surface area contributed by atoms with Crippen molar-refractivity contribution in [2.45, 2.75) is 46.6 Å². The number of nitrogens with one attached hydrogen (secondary N) is 1. The Morgan fingerprint density at radius 2 is 2.21 bits per heavy atom. The number of carbonyl (C=O) groups excluding carboxylic acids is 1. The Labute approximate surface area is 212 Å². The van der Waals surface area contributed by atoms with Gasteiger partial charge >= 0.3 is 0 Å². The van der Waals surface area contributed by atoms with Crippen LogP contribution in [0.5, 0.6) is 11.5 Å². The van der Waals surface area contributed by atoms with Crippen molar-refractivity contribution in [3.8, 4) is 11.5 Å². The molecule has 3 aromatic rings. The first-order chi connectivity index (χ1) is 16.2. The molecule has 1 atom stereocenters. The molecule has 0 spiro atoms. The predicted molar refractivity (Wildman–Crippen MR) is 139 cm³/mol. The first-order valence-corrected chi connectivity index (χ1v) is 12.8. The van der Waals surface area contributed by atoms with E-state index in [0.717, 1.165) is 29.3 Å². The standard InChI is InChI=1S/C26H29BrN2O4S/c1-26(2,3)16-7-8-19-21(11-16)34-25(22(19)24(31)28-14-18-6-5-9-33-18)29-13-15-10-17(27)12-20(32-4)23(15)30/h5-6,9-10,12-13,16,30H,7-8,11,14H2,1-4H3,(H,28,31)/t16-/m0/s1. The monoisotopic (exact) mass is 544 g/mol. The van der Waals surface area contributed by atoms with Gasteiger partial charge in [0.05, 0.1) is 25.5 Å². The van der Waals surface area contributed by atoms with Gasteiger partial charge in [0.15, 0.2) is 11.5 Å². The van der Waals surface area contributed by atoms with Crippen LogP contribution in [0.4, 0.5) is 5.00 Å². The van der Waals surface area contributed by atoms with E-state index in [1.54, 1.807) is 42.0 Å². The van der Waals surface area contributed by atoms with Crippen LogP contribution in [-0.4, -0.2) is 24.3 Å². The molecule has 0 radical (unpaired) electrons. The van der Waals surface area contributed by atoms with Crippen LogP contribution in [0.2, 0.25) is 0 Å². The van der Waals surface area contributed by atoms with E-state index in [1.807, 2.05) is 6.07 Å². The molecule has 0 saturated carbocycles. The van der Waals surface area contributed by atoms with Gasteiger partial charge in [0, 0.05) is 21.1 Å². The van der Waals surface area contributed by atoms with E-state index < -0.39 is 0 Å². The van der Waals surface area contributed by atoms with Crippen molar-refractivity contribution in [3.05, 3.63) is 62.3 Å². The fraction of sp³-hybridized carbons (Fsp3) is 0.385. The molecule has 8 heteroatoms. The average molecular weight is 545 g/mol. The first-order valence-electron chi connectivity index (χ1n) is 11.2. The third-order valence-corrected chi connectivity index (χ3v) is 7.93. The van der Waals surface area contributed by atoms with Gasteiger partial charge in [-0.05, 0) is 60.4 Å². The molecule has 1 aliphatic carbocycles. The van der Waals surface area contributed by atoms with Crippen molar-refractivity contribution in [1.29, 1.82) is 0 Å². The number of phenols is 1. The number of methoxy groups -OCH3 is 1. The van der Waals surface area contributed by atoms with Crippen molar-refractivity contribution in [2.75, 3.05) is 7.11 Å². The highest BCUT2D eigenvalue weighted by Gasteiger charge is 2.33. The summed E-state index contributed by atoms with van der Waals surface area (Å²) in [4.78, 5) is 19.2. The van der Waals surface area contributed by atoms with Gasteiger partial charge in [-0.25, -0.2) is 4.99 Å². The Balaban J connectivity index is 1.70. The van der Waals surface area contributed by atoms with Crippen LogP contribution in [0.25, 0.3) is 0 Å². The lowest BCUT2D eigenvalue weighted by Gasteiger charge is -2.33. The van der Waals surface area contributed by atoms with Gasteiger partial charge in [-0.1, -0.05) is 36.7 Å². The van der Waals surface area contributed by atoms with E-state index in [2.05, 4.69) is 47.0 Å². The minimum atomic E-state index is -0.161. The molecule has 2 heterocycles. The number of amides is 1. The highest BCUT2D eigenvalue weighted by atomic mass is 79.9. The van der Waals surface area contributed by atoms with E-state index in [4.69, 9.17) is 9.15 Å². The van der Waals surface area contributed by atoms with Gasteiger partial charge < -0.3 is 19.6 Å². The van der Waals surface area contributed by atoms with Gasteiger partial charge in [0.1, 0.15) is 10.8 Å². The van der Waals surface area contributed by atoms with Gasteiger partial charge in [0.2, 0.25) is 0 Å². The van der Waals surface area contributed by atoms with Crippen molar-refractivity contribution in [2.24, 2.45) is 16.3 Å². The van der Waals surface area contributed by atoms with Gasteiger partial charge in [-0.3, -0.25) is 4.79 Å². The molecule has 0 bridgehead atoms. The summed E-state index contributed by atoms with van der Waals surface area (Å²) in [5, 5.41) is 14.2. The summed E-state index contributed by atoms with van der Waals surface area (Å²) < 4.78 is 11.4. The topological polar surface area (TPSA) is 84.1 Å². The second-order valence-corrected chi connectivity index (χ2v) is 11.6. The molecule has 1 aromatic carbocycles. The molecule has 1 amide bonds. The summed E-state index contributed by atoms with van der Waals surface area (Å²) in [6.07, 6.45) is 6.01. The maximum absolute atomic E-state index is 13.3. The molecule has 0 aliphatic heterocycles. The molecule has 1 aliphatic rings. The summed E-state index contributed by atoms with van der Waals surface area (Å²) in [6.45, 7) is 7.13. The molecule has 4 rings (SSSR count). The molecule has 0 saturated heterocycles. The van der Waals surface area contributed by atoms with Crippen molar-refractivity contribution in [1.82, 2.24) is 5.32 Å². The number of halogens is 1. The fourth-order valence-corrected chi connectivity index (χ4v) is 6.00. The minimum Gasteiger partial charge on any atom is -0.504 e. The summed E-state index contributed by atoms with van der Waals surface area (Å²) in [5.41, 5.74) is 2.42. The quantitative estimate of drug-likeness (QED) is 0.340. The molecule has 2 N–H and O–H groups in total. The zero-order valence-corrected chi connectivity index (χ0v) is 22.2. The van der Waals surface area contributed by atoms with Crippen LogP contribution in [0, 0.1) is 11.3 Å². The second kappa shape index (κ2) is 9.96. The lowest BCUT2D eigenvalue weighted by Crippen LogP contribution is -2.28. The van der Waals surface area contributed by atoms with Crippen molar-refractivity contribution >= 4 is 44.4 Å². The van der Waals surface area contributed by atoms with Crippen LogP contribution >= 0.6 is 27.3 Å². The molecule has 6 nitrogen and oxygen atoms in total. The molecular weight excluding hydrogens is 516 g/mol. The molecule has 0 unspecified atom stereocenters. The van der Waals surface area contributed by atoms with E-state index in [9.17, 15) is 9.90 Å². The minimum absolute atomic E-state index is 0.00684. The summed E-state index contributed by atoms with van der Waals surface area (Å²) in [5.74, 6) is 1.44. The van der Waals surface area contributed by atoms with Crippen LogP contribution in [0.3, 0.4) is 0 Å². The first kappa shape index (κ1) is 24.5.